The van der Waals surface area contributed by atoms with E-state index < -0.39 is 11.7 Å². The maximum atomic E-state index is 13.7. The monoisotopic (exact) mass is 422 g/mol. The van der Waals surface area contributed by atoms with Crippen LogP contribution in [-0.2, 0) is 12.6 Å². The molecule has 0 bridgehead atoms. The van der Waals surface area contributed by atoms with Crippen LogP contribution in [0.25, 0.3) is 22.4 Å². The van der Waals surface area contributed by atoms with E-state index in [1.807, 2.05) is 6.92 Å². The Bertz CT molecular complexity index is 1040. The third-order valence-electron chi connectivity index (χ3n) is 5.49. The second kappa shape index (κ2) is 7.59. The molecule has 0 amide bonds. The van der Waals surface area contributed by atoms with Crippen LogP contribution < -0.4 is 0 Å². The van der Waals surface area contributed by atoms with Crippen LogP contribution in [0.15, 0.2) is 24.5 Å². The maximum absolute atomic E-state index is 13.7. The summed E-state index contributed by atoms with van der Waals surface area (Å²) in [7, 11) is 0. The van der Waals surface area contributed by atoms with Gasteiger partial charge < -0.3 is 4.57 Å². The van der Waals surface area contributed by atoms with E-state index in [1.54, 1.807) is 0 Å². The topological polar surface area (TPSA) is 43.6 Å². The van der Waals surface area contributed by atoms with Crippen LogP contribution in [-0.4, -0.2) is 19.5 Å². The molecule has 1 saturated carbocycles. The van der Waals surface area contributed by atoms with E-state index in [-0.39, 0.29) is 22.3 Å². The van der Waals surface area contributed by atoms with E-state index in [9.17, 15) is 13.2 Å². The van der Waals surface area contributed by atoms with Crippen molar-refractivity contribution in [3.63, 3.8) is 0 Å². The highest BCUT2D eigenvalue weighted by Crippen LogP contribution is 2.45. The first-order valence-electron chi connectivity index (χ1n) is 9.94. The highest BCUT2D eigenvalue weighted by Gasteiger charge is 2.37. The first kappa shape index (κ1) is 20.1. The fourth-order valence-corrected chi connectivity index (χ4v) is 4.23. The summed E-state index contributed by atoms with van der Waals surface area (Å²) in [4.78, 5) is 13.4. The largest absolute Gasteiger partial charge is 0.417 e. The smallest absolute Gasteiger partial charge is 0.309 e. The average Bonchev–Trinajstić information content (AvgIpc) is 3.45. The average molecular weight is 423 g/mol. The van der Waals surface area contributed by atoms with Gasteiger partial charge in [-0.05, 0) is 37.3 Å². The van der Waals surface area contributed by atoms with Crippen LogP contribution in [0.4, 0.5) is 13.2 Å². The fraction of sp³-hybridized carbons (Fsp3) is 0.476. The number of hydrogen-bond acceptors (Lipinski definition) is 3. The molecule has 0 aliphatic heterocycles. The normalized spacial score (nSPS) is 15.8. The van der Waals surface area contributed by atoms with Gasteiger partial charge in [-0.2, -0.15) is 13.2 Å². The Labute approximate surface area is 172 Å². The number of imidazole rings is 1. The molecule has 3 aromatic rings. The standard InChI is InChI=1S/C21H22ClF3N4/c1-3-5-16(12-6-7-12)29-17(4-2)28-19-18(26-11-27-20(19)29)14-9-8-13(22)10-15(14)21(23,24)25/h8-12,16H,3-7H2,1-2H3. The Morgan fingerprint density at radius 2 is 1.97 bits per heavy atom. The summed E-state index contributed by atoms with van der Waals surface area (Å²) in [5.74, 6) is 1.42. The molecular formula is C21H22ClF3N4. The lowest BCUT2D eigenvalue weighted by Crippen LogP contribution is -2.14. The lowest BCUT2D eigenvalue weighted by Gasteiger charge is -2.20. The van der Waals surface area contributed by atoms with Gasteiger partial charge in [0.25, 0.3) is 0 Å². The molecule has 1 aliphatic carbocycles. The summed E-state index contributed by atoms with van der Waals surface area (Å²) in [6, 6.07) is 4.02. The van der Waals surface area contributed by atoms with Crippen molar-refractivity contribution >= 4 is 22.8 Å². The summed E-state index contributed by atoms with van der Waals surface area (Å²) in [5.41, 5.74) is 0.377. The van der Waals surface area contributed by atoms with E-state index in [0.29, 0.717) is 23.5 Å². The Kier molecular flexibility index (Phi) is 5.27. The van der Waals surface area contributed by atoms with Crippen molar-refractivity contribution in [1.82, 2.24) is 19.5 Å². The summed E-state index contributed by atoms with van der Waals surface area (Å²) in [5, 5.41) is 0.0305. The van der Waals surface area contributed by atoms with Crippen LogP contribution >= 0.6 is 11.6 Å². The van der Waals surface area contributed by atoms with Crippen molar-refractivity contribution in [1.29, 1.82) is 0 Å². The minimum absolute atomic E-state index is 0.0277. The van der Waals surface area contributed by atoms with Crippen LogP contribution in [0.5, 0.6) is 0 Å². The van der Waals surface area contributed by atoms with Crippen molar-refractivity contribution in [2.24, 2.45) is 5.92 Å². The zero-order chi connectivity index (χ0) is 20.8. The number of aromatic nitrogens is 4. The predicted octanol–water partition coefficient (Wildman–Crippen LogP) is 6.48. The summed E-state index contributed by atoms with van der Waals surface area (Å²) < 4.78 is 43.2. The van der Waals surface area contributed by atoms with Gasteiger partial charge in [0, 0.05) is 23.0 Å². The molecule has 4 rings (SSSR count). The highest BCUT2D eigenvalue weighted by molar-refractivity contribution is 6.30. The lowest BCUT2D eigenvalue weighted by atomic mass is 10.0. The number of benzene rings is 1. The van der Waals surface area contributed by atoms with Crippen molar-refractivity contribution in [2.75, 3.05) is 0 Å². The van der Waals surface area contributed by atoms with Crippen LogP contribution in [0, 0.1) is 5.92 Å². The molecule has 0 radical (unpaired) electrons. The molecule has 1 aliphatic rings. The number of fused-ring (bicyclic) bond motifs is 1. The molecule has 1 fully saturated rings. The van der Waals surface area contributed by atoms with Gasteiger partial charge in [-0.25, -0.2) is 15.0 Å². The first-order valence-corrected chi connectivity index (χ1v) is 10.3. The van der Waals surface area contributed by atoms with Gasteiger partial charge in [0.2, 0.25) is 0 Å². The van der Waals surface area contributed by atoms with Crippen LogP contribution in [0.1, 0.15) is 57.0 Å². The summed E-state index contributed by atoms with van der Waals surface area (Å²) >= 11 is 5.85. The van der Waals surface area contributed by atoms with Gasteiger partial charge in [0.15, 0.2) is 5.65 Å². The molecule has 1 atom stereocenters. The first-order chi connectivity index (χ1) is 13.8. The number of rotatable bonds is 6. The Balaban J connectivity index is 1.95. The summed E-state index contributed by atoms with van der Waals surface area (Å²) in [6.45, 7) is 4.15. The Hall–Kier alpha value is -2.15. The van der Waals surface area contributed by atoms with Crippen LogP contribution in [0.3, 0.4) is 0 Å². The molecular weight excluding hydrogens is 401 g/mol. The fourth-order valence-electron chi connectivity index (χ4n) is 4.06. The van der Waals surface area contributed by atoms with Gasteiger partial charge >= 0.3 is 6.18 Å². The second-order valence-electron chi connectivity index (χ2n) is 7.53. The van der Waals surface area contributed by atoms with Crippen molar-refractivity contribution < 1.29 is 13.2 Å². The molecule has 154 valence electrons. The van der Waals surface area contributed by atoms with Crippen molar-refractivity contribution in [3.05, 3.63) is 40.9 Å². The van der Waals surface area contributed by atoms with Gasteiger partial charge in [-0.1, -0.05) is 37.9 Å². The number of nitrogens with zero attached hydrogens (tertiary/aromatic N) is 4. The van der Waals surface area contributed by atoms with Gasteiger partial charge in [-0.15, -0.1) is 0 Å². The van der Waals surface area contributed by atoms with Gasteiger partial charge in [0.1, 0.15) is 23.4 Å². The maximum Gasteiger partial charge on any atom is 0.417 e. The van der Waals surface area contributed by atoms with E-state index in [4.69, 9.17) is 16.6 Å². The highest BCUT2D eigenvalue weighted by atomic mass is 35.5. The van der Waals surface area contributed by atoms with E-state index in [2.05, 4.69) is 21.5 Å². The molecule has 8 heteroatoms. The predicted molar refractivity (Wildman–Crippen MR) is 107 cm³/mol. The molecule has 0 spiro atoms. The summed E-state index contributed by atoms with van der Waals surface area (Å²) in [6.07, 6.45) is 1.82. The van der Waals surface area contributed by atoms with E-state index in [1.165, 1.54) is 31.3 Å². The molecule has 0 saturated heterocycles. The number of halogens is 4. The minimum Gasteiger partial charge on any atom is -0.309 e. The third-order valence-corrected chi connectivity index (χ3v) is 5.73. The SMILES string of the molecule is CCCC(C1CC1)n1c(CC)nc2c(-c3ccc(Cl)cc3C(F)(F)F)ncnc21. The third kappa shape index (κ3) is 3.72. The molecule has 2 aromatic heterocycles. The quantitative estimate of drug-likeness (QED) is 0.456. The van der Waals surface area contributed by atoms with Crippen LogP contribution in [0.2, 0.25) is 5.02 Å². The number of hydrogen-bond donors (Lipinski definition) is 0. The van der Waals surface area contributed by atoms with Crippen molar-refractivity contribution in [3.8, 4) is 11.3 Å². The number of aryl methyl sites for hydroxylation is 1. The molecule has 1 unspecified atom stereocenters. The molecule has 29 heavy (non-hydrogen) atoms. The molecule has 0 N–H and O–H groups in total. The van der Waals surface area contributed by atoms with E-state index in [0.717, 1.165) is 24.7 Å². The Morgan fingerprint density at radius 1 is 1.21 bits per heavy atom. The zero-order valence-corrected chi connectivity index (χ0v) is 17.1. The van der Waals surface area contributed by atoms with Gasteiger partial charge in [0.05, 0.1) is 5.56 Å². The zero-order valence-electron chi connectivity index (χ0n) is 16.3. The molecule has 4 nitrogen and oxygen atoms in total. The van der Waals surface area contributed by atoms with Crippen molar-refractivity contribution in [2.45, 2.75) is 58.2 Å². The van der Waals surface area contributed by atoms with Gasteiger partial charge in [-0.3, -0.25) is 0 Å². The molecule has 2 heterocycles. The molecule has 1 aromatic carbocycles. The van der Waals surface area contributed by atoms with E-state index >= 15 is 0 Å². The Morgan fingerprint density at radius 3 is 2.59 bits per heavy atom. The second-order valence-corrected chi connectivity index (χ2v) is 7.96. The minimum atomic E-state index is -4.55. The lowest BCUT2D eigenvalue weighted by molar-refractivity contribution is -0.137. The number of alkyl halides is 3.